The van der Waals surface area contributed by atoms with E-state index in [1.807, 2.05) is 27.7 Å². The number of anilines is 2. The second kappa shape index (κ2) is 55.2. The van der Waals surface area contributed by atoms with Crippen LogP contribution in [0, 0.1) is 24.1 Å². The Bertz CT molecular complexity index is 4610. The molecule has 8 aromatic rings. The third kappa shape index (κ3) is 35.7. The number of hydrogen-bond donors (Lipinski definition) is 8. The molecular weight excluding hydrogens is 1660 g/mol. The van der Waals surface area contributed by atoms with Crippen molar-refractivity contribution in [2.24, 2.45) is 16.8 Å². The molecule has 0 unspecified atom stereocenters. The van der Waals surface area contributed by atoms with Crippen molar-refractivity contribution in [2.75, 3.05) is 88.0 Å². The van der Waals surface area contributed by atoms with Crippen LogP contribution in [0.3, 0.4) is 0 Å². The van der Waals surface area contributed by atoms with Crippen LogP contribution in [0.15, 0.2) is 88.8 Å². The molecule has 0 aliphatic carbocycles. The molecule has 624 valence electrons. The Labute approximate surface area is 783 Å². The number of hydroxylamine groups is 1. The van der Waals surface area contributed by atoms with Gasteiger partial charge in [-0.15, -0.1) is 27.7 Å². The first-order valence-electron chi connectivity index (χ1n) is 33.1. The molecule has 4 aliphatic rings. The summed E-state index contributed by atoms with van der Waals surface area (Å²) in [5, 5.41) is 75.3. The summed E-state index contributed by atoms with van der Waals surface area (Å²) in [4.78, 5) is 55.2. The standard InChI is InChI=1S/C23H24FN5O4S2.C14H11FN2O4S3.C10H17N3O2.C6H13N3O2.C6H10N2O.C4H8O2.CH5NO.CH2O3.4CH4.2K.Na.2H/c1-13(2)21-27-23(28-33-21)29-8-6-14(7-9-29)32-22-20-19(25-12-26-22)17(11-34-20)16-5-4-15(10-18(16)24)35(3,30)31;1-23(18,19)8-3-4-9(11(15)5-8)10-6-22-13-12(10)16-7-17-14(13)24(2,20)21;1-7(2)9-11-10(12-15-9)13-5-3-8(14)4-6-13;7-6(8-11)9-3-1-5(10)2-4-9;1-7-8-4-2-6(9)3-5-8;1-3(2)4(5)6;1-2-3;2-1-4-3;;;;;;;;;/h4-5,10-14H,6-9H2,1-3H3;3-7H,1-2H3;7-8,14H,3-6H2,1-2H3;5,10-11H,1-4H2,(H2,7,8);6,9H,2-5H2;3H,1-2H3,(H,5,6);2-3H,1H3;1,3H;4*1H4;;;;;/q;;;;;;;;;;;;3*+1;2*-1/p-1. The van der Waals surface area contributed by atoms with Crippen LogP contribution in [0.2, 0.25) is 0 Å². The fourth-order valence-electron chi connectivity index (χ4n) is 9.97. The van der Waals surface area contributed by atoms with Crippen LogP contribution in [0.4, 0.5) is 20.7 Å². The normalized spacial score (nSPS) is 14.5. The van der Waals surface area contributed by atoms with Crippen molar-refractivity contribution in [3.8, 4) is 28.1 Å². The van der Waals surface area contributed by atoms with Gasteiger partial charge in [-0.1, -0.05) is 88.5 Å². The van der Waals surface area contributed by atoms with Crippen LogP contribution < -0.4 is 163 Å². The van der Waals surface area contributed by atoms with Crippen LogP contribution in [0.5, 0.6) is 5.88 Å². The summed E-state index contributed by atoms with van der Waals surface area (Å²) in [7, 11) is -9.14. The fraction of sp³-hybridized carbons (Fsp3) is 0.536. The number of nitrogens with one attached hydrogen (secondary N) is 1. The minimum absolute atomic E-state index is 0. The SMILES string of the molecule is C.C.C.C.CC(C)C(=O)O.CC(C)c1nc(N2CCC(O)CC2)no1.CC(C)c1nc(N2CCC(Oc3ncnc4c(-c5ccc(S(C)(=O)=O)cc5F)csc34)CC2)no1.CNO.CS(=O)(=O)c1ccc(-c2csc3c(S(C)(=O)=O)ncnc23)c(F)c1.N/C(=N\O)N1CCC(O)CC1.O=CO[O-].[C-]#[N+]N1CCC(O)CC1.[H-].[H-].[K+].[K+].[Na+]. The Morgan fingerprint density at radius 1 is 0.675 bits per heavy atom. The number of hydrogen-bond acceptors (Lipinski definition) is 33. The predicted molar refractivity (Wildman–Crippen MR) is 418 cm³/mol. The Morgan fingerprint density at radius 2 is 1.04 bits per heavy atom. The number of carbonyl (C=O) groups excluding carboxylic acids is 1. The number of carbonyl (C=O) groups is 2. The summed E-state index contributed by atoms with van der Waals surface area (Å²) in [6.45, 7) is 23.6. The molecule has 0 saturated carbocycles. The molecule has 0 spiro atoms. The maximum Gasteiger partial charge on any atom is 1.00 e. The van der Waals surface area contributed by atoms with Crippen molar-refractivity contribution >= 4 is 103 Å². The number of halogens is 2. The van der Waals surface area contributed by atoms with Crippen LogP contribution in [-0.2, 0) is 44.0 Å². The van der Waals surface area contributed by atoms with Gasteiger partial charge in [0.15, 0.2) is 34.5 Å². The molecule has 2 aromatic carbocycles. The molecule has 10 heterocycles. The van der Waals surface area contributed by atoms with E-state index in [0.29, 0.717) is 82.3 Å². The number of thiophene rings is 2. The van der Waals surface area contributed by atoms with Crippen LogP contribution in [0.25, 0.3) is 47.6 Å². The number of fused-ring (bicyclic) bond motifs is 2. The smallest absolute Gasteiger partial charge is 1.00 e. The number of aliphatic hydroxyl groups is 3. The molecule has 0 bridgehead atoms. The van der Waals surface area contributed by atoms with Gasteiger partial charge in [0.2, 0.25) is 23.6 Å². The first kappa shape index (κ1) is 113. The summed E-state index contributed by atoms with van der Waals surface area (Å²) in [6.07, 6.45) is 11.0. The molecule has 4 saturated heterocycles. The van der Waals surface area contributed by atoms with E-state index < -0.39 is 47.1 Å². The Kier molecular flexibility index (Phi) is 54.9. The molecular formula is C69H107F2K2N16NaO19S5. The van der Waals surface area contributed by atoms with Gasteiger partial charge in [0.05, 0.1) is 62.8 Å². The number of aliphatic hydroxyl groups excluding tert-OH is 3. The first-order chi connectivity index (χ1) is 50.5. The van der Waals surface area contributed by atoms with Crippen molar-refractivity contribution in [2.45, 2.75) is 174 Å². The zero-order valence-electron chi connectivity index (χ0n) is 65.3. The first-order valence-corrected chi connectivity index (χ1v) is 40.6. The predicted octanol–water partition coefficient (Wildman–Crippen LogP) is -0.124. The van der Waals surface area contributed by atoms with E-state index in [-0.39, 0.29) is 245 Å². The molecule has 6 aromatic heterocycles. The second-order valence-electron chi connectivity index (χ2n) is 25.2. The zero-order chi connectivity index (χ0) is 79.5. The van der Waals surface area contributed by atoms with Gasteiger partial charge < -0.3 is 78.1 Å². The number of carboxylic acid groups (broad SMARTS) is 1. The number of sulfone groups is 3. The van der Waals surface area contributed by atoms with Gasteiger partial charge in [0.1, 0.15) is 35.1 Å². The molecule has 0 amide bonds. The van der Waals surface area contributed by atoms with Crippen molar-refractivity contribution in [1.29, 1.82) is 0 Å². The van der Waals surface area contributed by atoms with E-state index in [4.69, 9.17) is 61.9 Å². The number of guanidine groups is 1. The summed E-state index contributed by atoms with van der Waals surface area (Å²) in [5.74, 6) is 1.28. The van der Waals surface area contributed by atoms with Crippen LogP contribution in [-0.4, -0.2) is 227 Å². The Balaban J connectivity index is -0.000000444. The molecule has 0 radical (unpaired) electrons. The third-order valence-corrected chi connectivity index (χ3v) is 21.2. The van der Waals surface area contributed by atoms with Gasteiger partial charge in [-0.05, 0) is 73.1 Å². The monoisotopic (exact) mass is 1760 g/mol. The summed E-state index contributed by atoms with van der Waals surface area (Å²) in [6, 6.07) is 7.48. The van der Waals surface area contributed by atoms with Crippen molar-refractivity contribution in [3.63, 3.8) is 0 Å². The van der Waals surface area contributed by atoms with E-state index in [1.54, 1.807) is 40.0 Å². The third-order valence-electron chi connectivity index (χ3n) is 15.9. The molecule has 4 fully saturated rings. The molecule has 4 aliphatic heterocycles. The van der Waals surface area contributed by atoms with Crippen molar-refractivity contribution < 1.29 is 234 Å². The number of aromatic nitrogens is 8. The number of aliphatic carboxylic acids is 1. The van der Waals surface area contributed by atoms with Gasteiger partial charge in [0.25, 0.3) is 18.4 Å². The van der Waals surface area contributed by atoms with Gasteiger partial charge >= 0.3 is 138 Å². The largest absolute Gasteiger partial charge is 1.00 e. The summed E-state index contributed by atoms with van der Waals surface area (Å²) in [5.41, 5.74) is 9.35. The number of rotatable bonds is 13. The number of ether oxygens (including phenoxy) is 1. The Morgan fingerprint density at radius 3 is 1.39 bits per heavy atom. The van der Waals surface area contributed by atoms with Gasteiger partial charge in [0, 0.05) is 123 Å². The average molecular weight is 1760 g/mol. The average Bonchev–Trinajstić information content (AvgIpc) is 1.39. The topological polar surface area (TPSA) is 497 Å². The maximum atomic E-state index is 14.8. The molecule has 114 heavy (non-hydrogen) atoms. The van der Waals surface area contributed by atoms with Crippen molar-refractivity contribution in [1.82, 2.24) is 55.6 Å². The van der Waals surface area contributed by atoms with E-state index in [9.17, 15) is 43.9 Å². The van der Waals surface area contributed by atoms with Gasteiger partial charge in [-0.3, -0.25) is 9.59 Å². The molecule has 45 heteroatoms. The summed E-state index contributed by atoms with van der Waals surface area (Å²) >= 11 is 2.46. The van der Waals surface area contributed by atoms with Gasteiger partial charge in [-0.2, -0.15) is 21.5 Å². The number of piperidine rings is 4. The number of likely N-dealkylation sites (tertiary alicyclic amines) is 1. The van der Waals surface area contributed by atoms with E-state index in [2.05, 4.69) is 65.0 Å². The van der Waals surface area contributed by atoms with Crippen LogP contribution in [0.1, 0.15) is 149 Å². The molecule has 0 atom stereocenters. The second-order valence-corrected chi connectivity index (χ2v) is 32.9. The van der Waals surface area contributed by atoms with Crippen molar-refractivity contribution in [3.05, 3.63) is 94.8 Å². The number of nitrogens with zero attached hydrogens (tertiary/aromatic N) is 14. The number of benzene rings is 2. The Hall–Kier alpha value is -4.76. The molecule has 9 N–H and O–H groups in total. The zero-order valence-corrected chi connectivity index (χ0v) is 75.7. The molecule has 12 rings (SSSR count). The van der Waals surface area contributed by atoms with Crippen LogP contribution >= 0.6 is 22.7 Å². The quantitative estimate of drug-likeness (QED) is 0.00858. The van der Waals surface area contributed by atoms with E-state index in [1.165, 1.54) is 49.0 Å². The van der Waals surface area contributed by atoms with E-state index >= 15 is 0 Å². The van der Waals surface area contributed by atoms with E-state index in [0.717, 1.165) is 131 Å². The minimum atomic E-state index is -3.55. The molecule has 35 nitrogen and oxygen atoms in total. The number of nitrogens with two attached hydrogens (primary N) is 1. The summed E-state index contributed by atoms with van der Waals surface area (Å²) < 4.78 is 117. The fourth-order valence-corrected chi connectivity index (χ4v) is 14.4. The minimum Gasteiger partial charge on any atom is -1.00 e. The maximum absolute atomic E-state index is 14.8. The van der Waals surface area contributed by atoms with Gasteiger partial charge in [-0.25, -0.2) is 59.5 Å². The number of carboxylic acids is 1. The number of oxime groups is 1.